The van der Waals surface area contributed by atoms with E-state index in [2.05, 4.69) is 36.6 Å². The Hall–Kier alpha value is -1.04. The molecular formula is C27H54N2O2S. The van der Waals surface area contributed by atoms with Crippen LogP contribution in [0, 0.1) is 5.92 Å². The summed E-state index contributed by atoms with van der Waals surface area (Å²) in [5.41, 5.74) is 1.79. The Balaban J connectivity index is -0.000000404. The molecule has 4 nitrogen and oxygen atoms in total. The average Bonchev–Trinajstić information content (AvgIpc) is 3.53. The summed E-state index contributed by atoms with van der Waals surface area (Å²) < 4.78 is 5.21. The van der Waals surface area contributed by atoms with Crippen molar-refractivity contribution in [1.29, 1.82) is 0 Å². The summed E-state index contributed by atoms with van der Waals surface area (Å²) in [6.45, 7) is 26.4. The number of aliphatic hydroxyl groups is 1. The highest BCUT2D eigenvalue weighted by Crippen LogP contribution is 2.34. The van der Waals surface area contributed by atoms with Gasteiger partial charge in [0.2, 0.25) is 0 Å². The SMILES string of the molecule is C=C(C)c1cc(C2=CCCS2)on1.CC.CC.CC.CCCCCCN1CC(C)C1.CO. The van der Waals surface area contributed by atoms with Crippen molar-refractivity contribution in [2.45, 2.75) is 94.4 Å². The zero-order valence-electron chi connectivity index (χ0n) is 23.0. The number of hydrogen-bond acceptors (Lipinski definition) is 5. The van der Waals surface area contributed by atoms with Crippen LogP contribution in [0.3, 0.4) is 0 Å². The lowest BCUT2D eigenvalue weighted by Crippen LogP contribution is -2.45. The van der Waals surface area contributed by atoms with E-state index in [-0.39, 0.29) is 0 Å². The van der Waals surface area contributed by atoms with Gasteiger partial charge in [0.05, 0.1) is 0 Å². The van der Waals surface area contributed by atoms with Gasteiger partial charge in [0.1, 0.15) is 5.69 Å². The second kappa shape index (κ2) is 26.2. The lowest BCUT2D eigenvalue weighted by Gasteiger charge is -2.37. The van der Waals surface area contributed by atoms with Gasteiger partial charge in [0.15, 0.2) is 5.76 Å². The first-order chi connectivity index (χ1) is 15.6. The molecule has 0 aromatic carbocycles. The molecule has 0 aliphatic carbocycles. The fraction of sp³-hybridized carbons (Fsp3) is 0.741. The van der Waals surface area contributed by atoms with Crippen molar-refractivity contribution in [2.24, 2.45) is 5.92 Å². The molecule has 0 spiro atoms. The molecule has 0 radical (unpaired) electrons. The number of nitrogens with zero attached hydrogens (tertiary/aromatic N) is 2. The molecule has 0 atom stereocenters. The summed E-state index contributed by atoms with van der Waals surface area (Å²) in [4.78, 5) is 3.78. The lowest BCUT2D eigenvalue weighted by molar-refractivity contribution is 0.111. The molecule has 1 aromatic heterocycles. The first-order valence-corrected chi connectivity index (χ1v) is 13.7. The third-order valence-electron chi connectivity index (χ3n) is 4.36. The molecule has 1 fully saturated rings. The maximum Gasteiger partial charge on any atom is 0.173 e. The quantitative estimate of drug-likeness (QED) is 0.405. The van der Waals surface area contributed by atoms with Gasteiger partial charge in [-0.05, 0) is 37.8 Å². The van der Waals surface area contributed by atoms with E-state index in [1.807, 2.05) is 66.3 Å². The van der Waals surface area contributed by atoms with Crippen LogP contribution in [0.1, 0.15) is 106 Å². The fourth-order valence-corrected chi connectivity index (χ4v) is 3.88. The van der Waals surface area contributed by atoms with Crippen LogP contribution in [0.15, 0.2) is 23.2 Å². The molecule has 0 amide bonds. The highest BCUT2D eigenvalue weighted by molar-refractivity contribution is 8.08. The molecule has 1 aromatic rings. The molecule has 1 N–H and O–H groups in total. The first kappa shape index (κ1) is 35.5. The summed E-state index contributed by atoms with van der Waals surface area (Å²) in [6.07, 6.45) is 8.94. The van der Waals surface area contributed by atoms with Gasteiger partial charge in [-0.1, -0.05) is 92.5 Å². The lowest BCUT2D eigenvalue weighted by atomic mass is 10.0. The highest BCUT2D eigenvalue weighted by Gasteiger charge is 2.20. The van der Waals surface area contributed by atoms with Crippen LogP contribution in [0.2, 0.25) is 0 Å². The standard InChI is InChI=1S/C10H11NOS.C10H21N.3C2H6.CH4O/c1-7(2)8-6-9(12-11-8)10-4-3-5-13-10;1-3-4-5-6-7-11-8-10(2)9-11;4*1-2/h4,6H,1,3,5H2,2H3;10H,3-9H2,1-2H3;3*1-2H3;2H,1H3. The molecule has 0 unspecified atom stereocenters. The molecule has 5 heteroatoms. The van der Waals surface area contributed by atoms with Crippen molar-refractivity contribution in [1.82, 2.24) is 10.1 Å². The predicted octanol–water partition coefficient (Wildman–Crippen LogP) is 8.39. The second-order valence-corrected chi connectivity index (χ2v) is 8.12. The third kappa shape index (κ3) is 16.6. The molecule has 1 saturated heterocycles. The third-order valence-corrected chi connectivity index (χ3v) is 5.48. The van der Waals surface area contributed by atoms with Gasteiger partial charge in [0, 0.05) is 36.9 Å². The summed E-state index contributed by atoms with van der Waals surface area (Å²) in [7, 11) is 1.00. The number of thioether (sulfide) groups is 1. The molecule has 3 rings (SSSR count). The summed E-state index contributed by atoms with van der Waals surface area (Å²) >= 11 is 1.82. The monoisotopic (exact) mass is 470 g/mol. The number of aliphatic hydroxyl groups excluding tert-OH is 1. The van der Waals surface area contributed by atoms with E-state index >= 15 is 0 Å². The van der Waals surface area contributed by atoms with Gasteiger partial charge in [-0.3, -0.25) is 0 Å². The zero-order valence-corrected chi connectivity index (χ0v) is 23.8. The van der Waals surface area contributed by atoms with Gasteiger partial charge in [-0.15, -0.1) is 11.8 Å². The Labute approximate surface area is 204 Å². The molecule has 0 bridgehead atoms. The van der Waals surface area contributed by atoms with Gasteiger partial charge in [0.25, 0.3) is 0 Å². The number of unbranched alkanes of at least 4 members (excludes halogenated alkanes) is 3. The van der Waals surface area contributed by atoms with Crippen LogP contribution in [0.25, 0.3) is 10.5 Å². The number of rotatable bonds is 7. The Morgan fingerprint density at radius 1 is 1.12 bits per heavy atom. The molecule has 2 aliphatic rings. The van der Waals surface area contributed by atoms with E-state index in [0.717, 1.165) is 42.2 Å². The largest absolute Gasteiger partial charge is 0.400 e. The van der Waals surface area contributed by atoms with Crippen molar-refractivity contribution in [3.05, 3.63) is 30.2 Å². The van der Waals surface area contributed by atoms with Crippen molar-refractivity contribution in [3.8, 4) is 0 Å². The van der Waals surface area contributed by atoms with Gasteiger partial charge in [-0.25, -0.2) is 0 Å². The topological polar surface area (TPSA) is 49.5 Å². The van der Waals surface area contributed by atoms with Crippen LogP contribution in [-0.4, -0.2) is 47.7 Å². The minimum atomic E-state index is 0.850. The van der Waals surface area contributed by atoms with E-state index in [9.17, 15) is 0 Å². The first-order valence-electron chi connectivity index (χ1n) is 12.7. The molecule has 0 saturated carbocycles. The Kier molecular flexibility index (Phi) is 29.1. The molecule has 32 heavy (non-hydrogen) atoms. The maximum absolute atomic E-state index is 7.00. The highest BCUT2D eigenvalue weighted by atomic mass is 32.2. The number of likely N-dealkylation sites (tertiary alicyclic amines) is 1. The minimum Gasteiger partial charge on any atom is -0.400 e. The van der Waals surface area contributed by atoms with E-state index in [0.29, 0.717) is 0 Å². The maximum atomic E-state index is 7.00. The molecule has 3 heterocycles. The van der Waals surface area contributed by atoms with E-state index in [4.69, 9.17) is 9.63 Å². The molecular weight excluding hydrogens is 416 g/mol. The van der Waals surface area contributed by atoms with Crippen molar-refractivity contribution in [2.75, 3.05) is 32.5 Å². The average molecular weight is 471 g/mol. The second-order valence-electron chi connectivity index (χ2n) is 6.99. The fourth-order valence-electron chi connectivity index (χ4n) is 2.95. The zero-order chi connectivity index (χ0) is 25.4. The number of aromatic nitrogens is 1. The van der Waals surface area contributed by atoms with Gasteiger partial charge < -0.3 is 14.5 Å². The van der Waals surface area contributed by atoms with Gasteiger partial charge >= 0.3 is 0 Å². The minimum absolute atomic E-state index is 0.850. The van der Waals surface area contributed by atoms with Crippen LogP contribution >= 0.6 is 11.8 Å². The Morgan fingerprint density at radius 3 is 2.12 bits per heavy atom. The van der Waals surface area contributed by atoms with Crippen LogP contribution in [-0.2, 0) is 0 Å². The van der Waals surface area contributed by atoms with Crippen LogP contribution in [0.5, 0.6) is 0 Å². The predicted molar refractivity (Wildman–Crippen MR) is 148 cm³/mol. The van der Waals surface area contributed by atoms with Crippen molar-refractivity contribution >= 4 is 22.2 Å². The summed E-state index contributed by atoms with van der Waals surface area (Å²) in [5.74, 6) is 3.00. The molecule has 190 valence electrons. The van der Waals surface area contributed by atoms with E-state index in [1.165, 1.54) is 50.2 Å². The van der Waals surface area contributed by atoms with Crippen LogP contribution in [0.4, 0.5) is 0 Å². The summed E-state index contributed by atoms with van der Waals surface area (Å²) in [5, 5.41) is 10.9. The van der Waals surface area contributed by atoms with Gasteiger partial charge in [-0.2, -0.15) is 0 Å². The van der Waals surface area contributed by atoms with Crippen molar-refractivity contribution in [3.63, 3.8) is 0 Å². The normalized spacial score (nSPS) is 14.2. The number of allylic oxidation sites excluding steroid dienone is 2. The molecule has 2 aliphatic heterocycles. The van der Waals surface area contributed by atoms with E-state index < -0.39 is 0 Å². The van der Waals surface area contributed by atoms with E-state index in [1.54, 1.807) is 0 Å². The summed E-state index contributed by atoms with van der Waals surface area (Å²) in [6, 6.07) is 1.95. The number of hydrogen-bond donors (Lipinski definition) is 1. The Morgan fingerprint density at radius 2 is 1.72 bits per heavy atom. The smallest absolute Gasteiger partial charge is 0.173 e. The van der Waals surface area contributed by atoms with Crippen molar-refractivity contribution < 1.29 is 9.63 Å². The Bertz CT molecular complexity index is 550. The van der Waals surface area contributed by atoms with Crippen LogP contribution < -0.4 is 0 Å².